The molecule has 0 spiro atoms. The zero-order valence-electron chi connectivity index (χ0n) is 8.56. The first kappa shape index (κ1) is 10.1. The van der Waals surface area contributed by atoms with Crippen molar-refractivity contribution in [2.24, 2.45) is 5.92 Å². The van der Waals surface area contributed by atoms with Gasteiger partial charge in [-0.25, -0.2) is 0 Å². The summed E-state index contributed by atoms with van der Waals surface area (Å²) in [7, 11) is 0. The third-order valence-corrected chi connectivity index (χ3v) is 3.81. The van der Waals surface area contributed by atoms with Crippen LogP contribution in [0.2, 0.25) is 0 Å². The van der Waals surface area contributed by atoms with Crippen molar-refractivity contribution in [3.8, 4) is 0 Å². The van der Waals surface area contributed by atoms with Crippen LogP contribution in [0.3, 0.4) is 0 Å². The fraction of sp³-hybridized carbons (Fsp3) is 0.636. The average molecular weight is 212 g/mol. The minimum absolute atomic E-state index is 0.185. The van der Waals surface area contributed by atoms with E-state index in [9.17, 15) is 5.11 Å². The molecule has 1 aromatic heterocycles. The third kappa shape index (κ3) is 1.85. The molecule has 1 aliphatic rings. The molecule has 1 saturated heterocycles. The van der Waals surface area contributed by atoms with Crippen molar-refractivity contribution in [3.63, 3.8) is 0 Å². The molecule has 0 aliphatic carbocycles. The van der Waals surface area contributed by atoms with E-state index in [2.05, 4.69) is 13.0 Å². The molecule has 1 aliphatic heterocycles. The Morgan fingerprint density at radius 3 is 2.93 bits per heavy atom. The van der Waals surface area contributed by atoms with Gasteiger partial charge in [0.15, 0.2) is 0 Å². The lowest BCUT2D eigenvalue weighted by atomic mass is 9.92. The summed E-state index contributed by atoms with van der Waals surface area (Å²) in [6.07, 6.45) is 0.805. The molecule has 2 rings (SSSR count). The molecule has 2 nitrogen and oxygen atoms in total. The van der Waals surface area contributed by atoms with Crippen LogP contribution in [0.1, 0.15) is 29.9 Å². The summed E-state index contributed by atoms with van der Waals surface area (Å²) >= 11 is 1.69. The summed E-state index contributed by atoms with van der Waals surface area (Å²) in [5, 5.41) is 12.2. The van der Waals surface area contributed by atoms with Gasteiger partial charge in [-0.05, 0) is 37.3 Å². The van der Waals surface area contributed by atoms with Gasteiger partial charge in [0, 0.05) is 17.4 Å². The number of aliphatic hydroxyl groups excluding tert-OH is 1. The van der Waals surface area contributed by atoms with Crippen molar-refractivity contribution in [1.82, 2.24) is 0 Å². The Hall–Kier alpha value is -0.380. The van der Waals surface area contributed by atoms with Gasteiger partial charge < -0.3 is 9.84 Å². The monoisotopic (exact) mass is 212 g/mol. The number of hydrogen-bond donors (Lipinski definition) is 1. The van der Waals surface area contributed by atoms with Crippen LogP contribution in [-0.2, 0) is 4.74 Å². The largest absolute Gasteiger partial charge is 0.388 e. The molecule has 1 fully saturated rings. The standard InChI is InChI=1S/C11H16O2S/c1-7-5-9(6-14-7)11(12)10-3-4-13-8(10)2/h5-6,8,10-12H,3-4H2,1-2H3. The van der Waals surface area contributed by atoms with Crippen molar-refractivity contribution in [1.29, 1.82) is 0 Å². The Balaban J connectivity index is 2.11. The smallest absolute Gasteiger partial charge is 0.0851 e. The molecule has 1 aromatic rings. The molecular formula is C11H16O2S. The second-order valence-corrected chi connectivity index (χ2v) is 5.08. The minimum atomic E-state index is -0.350. The van der Waals surface area contributed by atoms with Gasteiger partial charge in [-0.15, -0.1) is 11.3 Å². The summed E-state index contributed by atoms with van der Waals surface area (Å²) in [4.78, 5) is 1.26. The first-order chi connectivity index (χ1) is 6.68. The molecule has 3 atom stereocenters. The zero-order valence-corrected chi connectivity index (χ0v) is 9.38. The van der Waals surface area contributed by atoms with E-state index in [1.165, 1.54) is 4.88 Å². The van der Waals surface area contributed by atoms with Crippen LogP contribution >= 0.6 is 11.3 Å². The molecular weight excluding hydrogens is 196 g/mol. The molecule has 0 bridgehead atoms. The van der Waals surface area contributed by atoms with Gasteiger partial charge in [-0.2, -0.15) is 0 Å². The first-order valence-corrected chi connectivity index (χ1v) is 5.91. The van der Waals surface area contributed by atoms with E-state index < -0.39 is 0 Å². The van der Waals surface area contributed by atoms with Crippen LogP contribution in [-0.4, -0.2) is 17.8 Å². The van der Waals surface area contributed by atoms with E-state index in [4.69, 9.17) is 4.74 Å². The lowest BCUT2D eigenvalue weighted by Crippen LogP contribution is -2.19. The number of thiophene rings is 1. The summed E-state index contributed by atoms with van der Waals surface area (Å²) in [6, 6.07) is 2.07. The highest BCUT2D eigenvalue weighted by atomic mass is 32.1. The van der Waals surface area contributed by atoms with E-state index in [0.717, 1.165) is 18.6 Å². The Morgan fingerprint density at radius 1 is 1.64 bits per heavy atom. The van der Waals surface area contributed by atoms with Crippen molar-refractivity contribution < 1.29 is 9.84 Å². The molecule has 14 heavy (non-hydrogen) atoms. The molecule has 0 radical (unpaired) electrons. The van der Waals surface area contributed by atoms with Crippen molar-refractivity contribution in [2.45, 2.75) is 32.5 Å². The van der Waals surface area contributed by atoms with Crippen LogP contribution in [0.15, 0.2) is 11.4 Å². The molecule has 0 amide bonds. The normalized spacial score (nSPS) is 29.4. The van der Waals surface area contributed by atoms with E-state index in [0.29, 0.717) is 0 Å². The highest BCUT2D eigenvalue weighted by Crippen LogP contribution is 2.34. The maximum absolute atomic E-state index is 10.1. The Morgan fingerprint density at radius 2 is 2.43 bits per heavy atom. The minimum Gasteiger partial charge on any atom is -0.388 e. The molecule has 0 saturated carbocycles. The van der Waals surface area contributed by atoms with E-state index in [1.54, 1.807) is 11.3 Å². The molecule has 0 aromatic carbocycles. The van der Waals surface area contributed by atoms with Crippen LogP contribution in [0.5, 0.6) is 0 Å². The number of hydrogen-bond acceptors (Lipinski definition) is 3. The van der Waals surface area contributed by atoms with E-state index in [-0.39, 0.29) is 18.1 Å². The Bertz CT molecular complexity index is 308. The van der Waals surface area contributed by atoms with Crippen LogP contribution in [0.25, 0.3) is 0 Å². The van der Waals surface area contributed by atoms with Gasteiger partial charge in [-0.3, -0.25) is 0 Å². The zero-order chi connectivity index (χ0) is 10.1. The number of aryl methyl sites for hydroxylation is 1. The maximum Gasteiger partial charge on any atom is 0.0851 e. The van der Waals surface area contributed by atoms with Crippen LogP contribution < -0.4 is 0 Å². The predicted molar refractivity (Wildman–Crippen MR) is 57.5 cm³/mol. The Labute approximate surface area is 88.5 Å². The van der Waals surface area contributed by atoms with Gasteiger partial charge in [0.05, 0.1) is 12.2 Å². The number of rotatable bonds is 2. The Kier molecular flexibility index (Phi) is 2.91. The van der Waals surface area contributed by atoms with Crippen LogP contribution in [0, 0.1) is 12.8 Å². The third-order valence-electron chi connectivity index (χ3n) is 2.93. The predicted octanol–water partition coefficient (Wildman–Crippen LogP) is 2.51. The number of aliphatic hydroxyl groups is 1. The molecule has 2 heterocycles. The van der Waals surface area contributed by atoms with Gasteiger partial charge in [-0.1, -0.05) is 0 Å². The van der Waals surface area contributed by atoms with E-state index >= 15 is 0 Å². The molecule has 3 unspecified atom stereocenters. The topological polar surface area (TPSA) is 29.5 Å². The van der Waals surface area contributed by atoms with Gasteiger partial charge in [0.1, 0.15) is 0 Å². The summed E-state index contributed by atoms with van der Waals surface area (Å²) in [5.74, 6) is 0.268. The molecule has 78 valence electrons. The SMILES string of the molecule is Cc1cc(C(O)C2CCOC2C)cs1. The highest BCUT2D eigenvalue weighted by Gasteiger charge is 2.31. The van der Waals surface area contributed by atoms with Gasteiger partial charge in [0.25, 0.3) is 0 Å². The lowest BCUT2D eigenvalue weighted by Gasteiger charge is -2.19. The maximum atomic E-state index is 10.1. The fourth-order valence-electron chi connectivity index (χ4n) is 2.03. The summed E-state index contributed by atoms with van der Waals surface area (Å²) < 4.78 is 5.46. The van der Waals surface area contributed by atoms with Crippen molar-refractivity contribution in [2.75, 3.05) is 6.61 Å². The average Bonchev–Trinajstić information content (AvgIpc) is 2.73. The van der Waals surface area contributed by atoms with Crippen molar-refractivity contribution in [3.05, 3.63) is 21.9 Å². The van der Waals surface area contributed by atoms with Gasteiger partial charge >= 0.3 is 0 Å². The quantitative estimate of drug-likeness (QED) is 0.816. The first-order valence-electron chi connectivity index (χ1n) is 5.03. The lowest BCUT2D eigenvalue weighted by molar-refractivity contribution is 0.0433. The highest BCUT2D eigenvalue weighted by molar-refractivity contribution is 7.10. The van der Waals surface area contributed by atoms with E-state index in [1.807, 2.05) is 12.3 Å². The molecule has 3 heteroatoms. The second-order valence-electron chi connectivity index (χ2n) is 3.96. The number of ether oxygens (including phenoxy) is 1. The fourth-order valence-corrected chi connectivity index (χ4v) is 2.76. The summed E-state index contributed by atoms with van der Waals surface area (Å²) in [6.45, 7) is 4.89. The molecule has 1 N–H and O–H groups in total. The van der Waals surface area contributed by atoms with Crippen LogP contribution in [0.4, 0.5) is 0 Å². The summed E-state index contributed by atoms with van der Waals surface area (Å²) in [5.41, 5.74) is 1.05. The second kappa shape index (κ2) is 4.01. The van der Waals surface area contributed by atoms with Gasteiger partial charge in [0.2, 0.25) is 0 Å². The van der Waals surface area contributed by atoms with Crippen molar-refractivity contribution >= 4 is 11.3 Å².